The van der Waals surface area contributed by atoms with Crippen molar-refractivity contribution in [3.8, 4) is 6.07 Å². The molecule has 0 radical (unpaired) electrons. The van der Waals surface area contributed by atoms with E-state index in [9.17, 15) is 14.2 Å². The average Bonchev–Trinajstić information content (AvgIpc) is 3.08. The number of nitrogens with zero attached hydrogens (tertiary/aromatic N) is 3. The zero-order chi connectivity index (χ0) is 26.3. The highest BCUT2D eigenvalue weighted by molar-refractivity contribution is 7.65. The second kappa shape index (κ2) is 13.1. The maximum atomic E-state index is 12.5. The number of rotatable bonds is 12. The Morgan fingerprint density at radius 2 is 1.94 bits per heavy atom. The van der Waals surface area contributed by atoms with E-state index in [-0.39, 0.29) is 25.1 Å². The number of hydrogen-bond acceptors (Lipinski definition) is 9. The first kappa shape index (κ1) is 29.6. The summed E-state index contributed by atoms with van der Waals surface area (Å²) in [7, 11) is -2.70. The van der Waals surface area contributed by atoms with Crippen LogP contribution in [0.5, 0.6) is 0 Å². The number of aromatic amines is 1. The van der Waals surface area contributed by atoms with Gasteiger partial charge in [0.1, 0.15) is 25.5 Å². The molecule has 0 saturated carbocycles. The van der Waals surface area contributed by atoms with Gasteiger partial charge in [0.15, 0.2) is 6.23 Å². The molecule has 0 aromatic carbocycles. The van der Waals surface area contributed by atoms with Gasteiger partial charge in [-0.1, -0.05) is 0 Å². The van der Waals surface area contributed by atoms with Crippen LogP contribution in [0.15, 0.2) is 33.7 Å². The van der Waals surface area contributed by atoms with Crippen molar-refractivity contribution in [3.05, 3.63) is 45.0 Å². The molecule has 13 heteroatoms. The van der Waals surface area contributed by atoms with Gasteiger partial charge in [-0.3, -0.25) is 14.3 Å². The Bertz CT molecular complexity index is 1050. The number of H-pyrrole nitrogens is 1. The van der Waals surface area contributed by atoms with Gasteiger partial charge in [-0.15, -0.1) is 0 Å². The summed E-state index contributed by atoms with van der Waals surface area (Å²) in [6.07, 6.45) is 0.0711. The summed E-state index contributed by atoms with van der Waals surface area (Å²) in [5, 5.41) is 8.98. The second-order valence-electron chi connectivity index (χ2n) is 9.10. The van der Waals surface area contributed by atoms with E-state index in [2.05, 4.69) is 15.7 Å². The quantitative estimate of drug-likeness (QED) is 0.319. The minimum atomic E-state index is -2.53. The lowest BCUT2D eigenvalue weighted by Gasteiger charge is -2.38. The predicted molar refractivity (Wildman–Crippen MR) is 135 cm³/mol. The first-order valence-electron chi connectivity index (χ1n) is 11.4. The second-order valence-corrected chi connectivity index (χ2v) is 13.7. The SMILES string of the molecule is CO[C@@H]1[C@H](OP(OCCC#N)N(C(C)C)C(C)C)[C@@H](/C=C/P(C)(C)=O)O[C@H]1n1ccc(=O)[nH]c1=O. The zero-order valence-electron chi connectivity index (χ0n) is 21.3. The predicted octanol–water partition coefficient (Wildman–Crippen LogP) is 3.25. The van der Waals surface area contributed by atoms with Crippen LogP contribution in [0.2, 0.25) is 0 Å². The number of hydrogen-bond donors (Lipinski definition) is 1. The van der Waals surface area contributed by atoms with Crippen LogP contribution in [0.25, 0.3) is 0 Å². The molecule has 1 aliphatic heterocycles. The first-order chi connectivity index (χ1) is 16.4. The summed E-state index contributed by atoms with van der Waals surface area (Å²) in [6.45, 7) is 11.5. The molecule has 11 nitrogen and oxygen atoms in total. The third kappa shape index (κ3) is 8.19. The molecule has 1 aliphatic rings. The van der Waals surface area contributed by atoms with E-state index in [1.807, 2.05) is 27.7 Å². The molecule has 1 aromatic heterocycles. The largest absolute Gasteiger partial charge is 0.374 e. The smallest absolute Gasteiger partial charge is 0.330 e. The van der Waals surface area contributed by atoms with Crippen LogP contribution in [-0.4, -0.2) is 71.7 Å². The normalized spacial score (nSPS) is 24.0. The number of methoxy groups -OCH3 is 1. The molecular weight excluding hydrogens is 494 g/mol. The molecule has 2 rings (SSSR count). The van der Waals surface area contributed by atoms with Gasteiger partial charge < -0.3 is 23.1 Å². The highest BCUT2D eigenvalue weighted by Gasteiger charge is 2.48. The van der Waals surface area contributed by atoms with E-state index < -0.39 is 51.5 Å². The van der Waals surface area contributed by atoms with Gasteiger partial charge in [-0.2, -0.15) is 5.26 Å². The number of aromatic nitrogens is 2. The summed E-state index contributed by atoms with van der Waals surface area (Å²) in [6, 6.07) is 3.44. The van der Waals surface area contributed by atoms with Crippen LogP contribution in [0.3, 0.4) is 0 Å². The summed E-state index contributed by atoms with van der Waals surface area (Å²) in [5.41, 5.74) is -1.18. The van der Waals surface area contributed by atoms with Crippen LogP contribution in [-0.2, 0) is 23.1 Å². The Morgan fingerprint density at radius 1 is 1.29 bits per heavy atom. The Balaban J connectivity index is 2.50. The van der Waals surface area contributed by atoms with E-state index in [0.29, 0.717) is 0 Å². The van der Waals surface area contributed by atoms with Crippen molar-refractivity contribution in [1.82, 2.24) is 14.2 Å². The van der Waals surface area contributed by atoms with Crippen LogP contribution in [0.4, 0.5) is 0 Å². The Kier molecular flexibility index (Phi) is 11.1. The molecule has 1 N–H and O–H groups in total. The van der Waals surface area contributed by atoms with Crippen molar-refractivity contribution >= 4 is 15.7 Å². The minimum absolute atomic E-state index is 0.0737. The van der Waals surface area contributed by atoms with Gasteiger partial charge in [0.25, 0.3) is 14.1 Å². The molecule has 0 amide bonds. The molecule has 0 aliphatic carbocycles. The maximum Gasteiger partial charge on any atom is 0.330 e. The van der Waals surface area contributed by atoms with Gasteiger partial charge in [0.2, 0.25) is 0 Å². The molecule has 2 heterocycles. The van der Waals surface area contributed by atoms with Crippen molar-refractivity contribution in [2.45, 2.75) is 70.7 Å². The van der Waals surface area contributed by atoms with Crippen molar-refractivity contribution < 1.29 is 23.1 Å². The summed E-state index contributed by atoms with van der Waals surface area (Å²) in [4.78, 5) is 26.3. The van der Waals surface area contributed by atoms with Crippen molar-refractivity contribution in [2.75, 3.05) is 27.0 Å². The fourth-order valence-corrected chi connectivity index (χ4v) is 6.07. The van der Waals surface area contributed by atoms with E-state index in [1.54, 1.807) is 25.2 Å². The van der Waals surface area contributed by atoms with Gasteiger partial charge in [-0.25, -0.2) is 9.46 Å². The number of ether oxygens (including phenoxy) is 2. The first-order valence-corrected chi connectivity index (χ1v) is 15.2. The van der Waals surface area contributed by atoms with Gasteiger partial charge >= 0.3 is 5.69 Å². The van der Waals surface area contributed by atoms with Crippen LogP contribution in [0.1, 0.15) is 40.3 Å². The van der Waals surface area contributed by atoms with Crippen molar-refractivity contribution in [1.29, 1.82) is 5.26 Å². The number of nitrogens with one attached hydrogen (secondary N) is 1. The molecular formula is C22H36N4O7P2. The Morgan fingerprint density at radius 3 is 2.46 bits per heavy atom. The molecule has 1 unspecified atom stereocenters. The molecule has 1 aromatic rings. The summed E-state index contributed by atoms with van der Waals surface area (Å²) >= 11 is 0. The van der Waals surface area contributed by atoms with E-state index in [0.717, 1.165) is 0 Å². The summed E-state index contributed by atoms with van der Waals surface area (Å²) < 4.78 is 40.2. The van der Waals surface area contributed by atoms with Crippen LogP contribution < -0.4 is 11.2 Å². The van der Waals surface area contributed by atoms with Crippen LogP contribution in [0, 0.1) is 11.3 Å². The Labute approximate surface area is 207 Å². The zero-order valence-corrected chi connectivity index (χ0v) is 23.1. The van der Waals surface area contributed by atoms with E-state index >= 15 is 0 Å². The average molecular weight is 530 g/mol. The lowest BCUT2D eigenvalue weighted by atomic mass is 10.1. The fraction of sp³-hybridized carbons (Fsp3) is 0.682. The molecule has 5 atom stereocenters. The third-order valence-electron chi connectivity index (χ3n) is 5.13. The minimum Gasteiger partial charge on any atom is -0.374 e. The number of nitriles is 1. The van der Waals surface area contributed by atoms with Crippen LogP contribution >= 0.6 is 15.7 Å². The van der Waals surface area contributed by atoms with Gasteiger partial charge in [0.05, 0.1) is 19.1 Å². The fourth-order valence-electron chi connectivity index (χ4n) is 3.73. The molecule has 0 bridgehead atoms. The highest BCUT2D eigenvalue weighted by atomic mass is 31.2. The van der Waals surface area contributed by atoms with E-state index in [1.165, 1.54) is 23.9 Å². The lowest BCUT2D eigenvalue weighted by molar-refractivity contribution is -0.0482. The lowest BCUT2D eigenvalue weighted by Crippen LogP contribution is -2.41. The van der Waals surface area contributed by atoms with Crippen molar-refractivity contribution in [2.24, 2.45) is 0 Å². The van der Waals surface area contributed by atoms with Gasteiger partial charge in [0, 0.05) is 31.5 Å². The topological polar surface area (TPSA) is 136 Å². The van der Waals surface area contributed by atoms with E-state index in [4.69, 9.17) is 23.8 Å². The molecule has 1 fully saturated rings. The molecule has 1 saturated heterocycles. The molecule has 35 heavy (non-hydrogen) atoms. The Hall–Kier alpha value is -1.63. The standard InChI is InChI=1S/C22H36N4O7P2/c1-15(2)26(16(3)4)34(31-13-8-11-23)33-19-17(10-14-35(6,7)29)32-21(20(19)30-5)25-12-9-18(27)24-22(25)28/h9-10,12,14-17,19-21H,8,13H2,1-7H3,(H,24,27,28)/b14-10+/t17-,19-,20-,21-,34?/m1/s1. The maximum absolute atomic E-state index is 12.5. The van der Waals surface area contributed by atoms with Crippen molar-refractivity contribution in [3.63, 3.8) is 0 Å². The highest BCUT2D eigenvalue weighted by Crippen LogP contribution is 2.51. The molecule has 196 valence electrons. The summed E-state index contributed by atoms with van der Waals surface area (Å²) in [5.74, 6) is 1.58. The monoisotopic (exact) mass is 530 g/mol. The third-order valence-corrected chi connectivity index (χ3v) is 8.15. The van der Waals surface area contributed by atoms with Gasteiger partial charge in [-0.05, 0) is 52.9 Å². The molecule has 0 spiro atoms.